The van der Waals surface area contributed by atoms with E-state index in [0.29, 0.717) is 18.6 Å². The molecule has 0 saturated carbocycles. The molecule has 0 unspecified atom stereocenters. The Kier molecular flexibility index (Phi) is 4.05. The molecule has 0 saturated heterocycles. The molecule has 0 bridgehead atoms. The molecule has 0 radical (unpaired) electrons. The molecule has 0 aliphatic carbocycles. The minimum absolute atomic E-state index is 0.562. The fourth-order valence-corrected chi connectivity index (χ4v) is 1.97. The van der Waals surface area contributed by atoms with Gasteiger partial charge < -0.3 is 5.11 Å². The summed E-state index contributed by atoms with van der Waals surface area (Å²) in [5.41, 5.74) is -2.63. The second-order valence-electron chi connectivity index (χ2n) is 3.75. The SMILES string of the molecule is CC(C)(O)NS(=O)(=O)C(F)(F)C(F)(F)C(F)(F)F. The molecular formula is C6H8F7NO3S. The van der Waals surface area contributed by atoms with Crippen molar-refractivity contribution in [3.05, 3.63) is 0 Å². The van der Waals surface area contributed by atoms with Crippen molar-refractivity contribution in [3.63, 3.8) is 0 Å². The minimum Gasteiger partial charge on any atom is -0.375 e. The maximum Gasteiger partial charge on any atom is 0.461 e. The van der Waals surface area contributed by atoms with Gasteiger partial charge in [-0.2, -0.15) is 35.5 Å². The van der Waals surface area contributed by atoms with Gasteiger partial charge in [0.05, 0.1) is 0 Å². The summed E-state index contributed by atoms with van der Waals surface area (Å²) in [7, 11) is -6.46. The topological polar surface area (TPSA) is 66.4 Å². The van der Waals surface area contributed by atoms with Gasteiger partial charge in [0.25, 0.3) is 10.0 Å². The van der Waals surface area contributed by atoms with Crippen LogP contribution in [0.3, 0.4) is 0 Å². The van der Waals surface area contributed by atoms with Crippen LogP contribution in [0.25, 0.3) is 0 Å². The molecule has 0 fully saturated rings. The van der Waals surface area contributed by atoms with Gasteiger partial charge in [0.1, 0.15) is 5.72 Å². The number of halogens is 7. The molecule has 110 valence electrons. The summed E-state index contributed by atoms with van der Waals surface area (Å²) in [5.74, 6) is -6.81. The summed E-state index contributed by atoms with van der Waals surface area (Å²) >= 11 is 0. The molecule has 0 aliphatic heterocycles. The Bertz CT molecular complexity index is 408. The molecule has 0 aliphatic rings. The molecule has 0 aromatic carbocycles. The highest BCUT2D eigenvalue weighted by atomic mass is 32.2. The summed E-state index contributed by atoms with van der Waals surface area (Å²) < 4.78 is 108. The lowest BCUT2D eigenvalue weighted by atomic mass is 10.3. The van der Waals surface area contributed by atoms with Crippen molar-refractivity contribution in [2.75, 3.05) is 0 Å². The zero-order chi connectivity index (χ0) is 15.2. The fraction of sp³-hybridized carbons (Fsp3) is 1.00. The quantitative estimate of drug-likeness (QED) is 0.610. The van der Waals surface area contributed by atoms with Crippen LogP contribution in [0.1, 0.15) is 13.8 Å². The number of hydrogen-bond acceptors (Lipinski definition) is 3. The zero-order valence-electron chi connectivity index (χ0n) is 8.82. The lowest BCUT2D eigenvalue weighted by Crippen LogP contribution is -2.61. The Morgan fingerprint density at radius 3 is 1.50 bits per heavy atom. The first-order valence-corrected chi connectivity index (χ1v) is 5.52. The van der Waals surface area contributed by atoms with Gasteiger partial charge in [-0.05, 0) is 13.8 Å². The highest BCUT2D eigenvalue weighted by Gasteiger charge is 2.79. The maximum absolute atomic E-state index is 12.8. The Morgan fingerprint density at radius 2 is 1.28 bits per heavy atom. The first-order chi connectivity index (χ1) is 7.46. The van der Waals surface area contributed by atoms with E-state index in [0.717, 1.165) is 0 Å². The van der Waals surface area contributed by atoms with Gasteiger partial charge in [-0.3, -0.25) is 0 Å². The number of sulfonamides is 1. The molecule has 0 heterocycles. The predicted octanol–water partition coefficient (Wildman–Crippen LogP) is 1.42. The van der Waals surface area contributed by atoms with Crippen LogP contribution < -0.4 is 4.72 Å². The molecule has 0 aromatic heterocycles. The van der Waals surface area contributed by atoms with E-state index in [1.54, 1.807) is 0 Å². The van der Waals surface area contributed by atoms with Crippen molar-refractivity contribution < 1.29 is 44.3 Å². The van der Waals surface area contributed by atoms with E-state index in [1.807, 2.05) is 0 Å². The Labute approximate surface area is 96.8 Å². The normalized spacial score (nSPS) is 15.9. The van der Waals surface area contributed by atoms with Gasteiger partial charge >= 0.3 is 17.4 Å². The largest absolute Gasteiger partial charge is 0.461 e. The predicted molar refractivity (Wildman–Crippen MR) is 44.3 cm³/mol. The summed E-state index contributed by atoms with van der Waals surface area (Å²) in [5, 5.41) is 2.36. The van der Waals surface area contributed by atoms with E-state index < -0.39 is 33.1 Å². The lowest BCUT2D eigenvalue weighted by molar-refractivity contribution is -0.332. The molecule has 0 amide bonds. The highest BCUT2D eigenvalue weighted by molar-refractivity contribution is 7.90. The molecule has 0 spiro atoms. The third-order valence-corrected chi connectivity index (χ3v) is 3.14. The molecule has 4 nitrogen and oxygen atoms in total. The number of aliphatic hydroxyl groups is 1. The Balaban J connectivity index is 5.67. The third kappa shape index (κ3) is 3.03. The molecule has 0 rings (SSSR count). The van der Waals surface area contributed by atoms with Crippen LogP contribution in [-0.2, 0) is 10.0 Å². The summed E-state index contributed by atoms with van der Waals surface area (Å²) in [6.07, 6.45) is -6.77. The average Bonchev–Trinajstić information content (AvgIpc) is 1.95. The van der Waals surface area contributed by atoms with Crippen LogP contribution in [0.2, 0.25) is 0 Å². The van der Waals surface area contributed by atoms with Gasteiger partial charge in [-0.1, -0.05) is 0 Å². The van der Waals surface area contributed by atoms with Crippen LogP contribution in [0, 0.1) is 0 Å². The monoisotopic (exact) mass is 307 g/mol. The Hall–Kier alpha value is -0.620. The van der Waals surface area contributed by atoms with E-state index in [9.17, 15) is 39.2 Å². The van der Waals surface area contributed by atoms with Crippen molar-refractivity contribution in [1.82, 2.24) is 4.72 Å². The van der Waals surface area contributed by atoms with Gasteiger partial charge in [0.2, 0.25) is 0 Å². The van der Waals surface area contributed by atoms with Crippen LogP contribution in [0.5, 0.6) is 0 Å². The minimum atomic E-state index is -6.81. The number of nitrogens with one attached hydrogen (secondary N) is 1. The number of alkyl halides is 7. The van der Waals surface area contributed by atoms with Gasteiger partial charge in [-0.15, -0.1) is 0 Å². The number of hydrogen-bond donors (Lipinski definition) is 2. The van der Waals surface area contributed by atoms with Crippen molar-refractivity contribution in [1.29, 1.82) is 0 Å². The first-order valence-electron chi connectivity index (χ1n) is 4.04. The van der Waals surface area contributed by atoms with Gasteiger partial charge in [0.15, 0.2) is 0 Å². The van der Waals surface area contributed by atoms with Crippen LogP contribution >= 0.6 is 0 Å². The lowest BCUT2D eigenvalue weighted by Gasteiger charge is -2.30. The van der Waals surface area contributed by atoms with Crippen LogP contribution in [0.15, 0.2) is 0 Å². The van der Waals surface area contributed by atoms with E-state index >= 15 is 0 Å². The average molecular weight is 307 g/mol. The molecule has 0 aromatic rings. The van der Waals surface area contributed by atoms with Gasteiger partial charge in [0, 0.05) is 0 Å². The summed E-state index contributed by atoms with van der Waals surface area (Å²) in [6.45, 7) is 1.12. The molecule has 2 N–H and O–H groups in total. The molecular weight excluding hydrogens is 299 g/mol. The van der Waals surface area contributed by atoms with E-state index in [4.69, 9.17) is 5.11 Å². The van der Waals surface area contributed by atoms with Crippen LogP contribution in [-0.4, -0.2) is 36.6 Å². The summed E-state index contributed by atoms with van der Waals surface area (Å²) in [6, 6.07) is 0. The van der Waals surface area contributed by atoms with Crippen molar-refractivity contribution in [3.8, 4) is 0 Å². The Morgan fingerprint density at radius 1 is 0.944 bits per heavy atom. The first kappa shape index (κ1) is 17.4. The second kappa shape index (κ2) is 4.20. The van der Waals surface area contributed by atoms with Crippen molar-refractivity contribution >= 4 is 10.0 Å². The van der Waals surface area contributed by atoms with Gasteiger partial charge in [-0.25, -0.2) is 8.42 Å². The maximum atomic E-state index is 12.8. The molecule has 12 heteroatoms. The van der Waals surface area contributed by atoms with E-state index in [-0.39, 0.29) is 0 Å². The van der Waals surface area contributed by atoms with Crippen molar-refractivity contribution in [2.45, 2.75) is 36.9 Å². The second-order valence-corrected chi connectivity index (χ2v) is 5.48. The standard InChI is InChI=1S/C6H8F7NO3S/c1-3(2,15)14-18(16,17)6(12,13)4(7,8)5(9,10)11/h14-15H,1-2H3. The highest BCUT2D eigenvalue weighted by Crippen LogP contribution is 2.48. The third-order valence-electron chi connectivity index (χ3n) is 1.44. The fourth-order valence-electron chi connectivity index (χ4n) is 0.727. The van der Waals surface area contributed by atoms with Crippen LogP contribution in [0.4, 0.5) is 30.7 Å². The van der Waals surface area contributed by atoms with E-state index in [1.165, 1.54) is 0 Å². The number of rotatable bonds is 4. The molecule has 18 heavy (non-hydrogen) atoms. The molecule has 0 atom stereocenters. The summed E-state index contributed by atoms with van der Waals surface area (Å²) in [4.78, 5) is 0. The smallest absolute Gasteiger partial charge is 0.375 e. The van der Waals surface area contributed by atoms with Crippen molar-refractivity contribution in [2.24, 2.45) is 0 Å². The zero-order valence-corrected chi connectivity index (χ0v) is 9.63. The van der Waals surface area contributed by atoms with E-state index in [2.05, 4.69) is 0 Å².